The zero-order chi connectivity index (χ0) is 17.8. The average molecular weight is 416 g/mol. The molecule has 2 aromatic rings. The summed E-state index contributed by atoms with van der Waals surface area (Å²) >= 11 is 7.03. The van der Waals surface area contributed by atoms with Crippen LogP contribution in [-0.4, -0.2) is 36.1 Å². The minimum Gasteiger partial charge on any atom is -0.507 e. The molecule has 1 aromatic heterocycles. The highest BCUT2D eigenvalue weighted by Gasteiger charge is 2.21. The first-order valence-electron chi connectivity index (χ1n) is 7.93. The molecule has 0 aliphatic carbocycles. The maximum atomic E-state index is 12.5. The Morgan fingerprint density at radius 3 is 2.73 bits per heavy atom. The molecule has 0 bridgehead atoms. The van der Waals surface area contributed by atoms with Crippen molar-refractivity contribution in [1.29, 1.82) is 0 Å². The molecule has 1 unspecified atom stereocenters. The van der Waals surface area contributed by atoms with Crippen LogP contribution >= 0.6 is 35.3 Å². The van der Waals surface area contributed by atoms with Gasteiger partial charge in [0.15, 0.2) is 0 Å². The maximum Gasteiger partial charge on any atom is 0.260 e. The number of aromatic hydroxyl groups is 1. The molecule has 0 saturated carbocycles. The first-order valence-corrected chi connectivity index (χ1v) is 9.19. The van der Waals surface area contributed by atoms with E-state index in [4.69, 9.17) is 11.6 Å². The lowest BCUT2D eigenvalue weighted by Gasteiger charge is -2.23. The largest absolute Gasteiger partial charge is 0.507 e. The maximum absolute atomic E-state index is 12.5. The second-order valence-corrected chi connectivity index (χ2v) is 7.15. The third-order valence-corrected chi connectivity index (χ3v) is 5.04. The van der Waals surface area contributed by atoms with Crippen molar-refractivity contribution >= 4 is 52.2 Å². The molecule has 3 rings (SSSR count). The third kappa shape index (κ3) is 4.88. The van der Waals surface area contributed by atoms with Gasteiger partial charge in [0.1, 0.15) is 10.8 Å². The van der Waals surface area contributed by atoms with E-state index in [2.05, 4.69) is 16.0 Å². The van der Waals surface area contributed by atoms with Crippen LogP contribution in [0, 0.1) is 0 Å². The summed E-state index contributed by atoms with van der Waals surface area (Å²) in [5.74, 6) is -0.920. The van der Waals surface area contributed by atoms with E-state index in [-0.39, 0.29) is 35.7 Å². The van der Waals surface area contributed by atoms with Crippen LogP contribution in [-0.2, 0) is 0 Å². The van der Waals surface area contributed by atoms with E-state index >= 15 is 0 Å². The highest BCUT2D eigenvalue weighted by Crippen LogP contribution is 2.27. The number of hydrogen-bond acceptors (Lipinski definition) is 5. The van der Waals surface area contributed by atoms with Crippen molar-refractivity contribution < 1.29 is 14.7 Å². The van der Waals surface area contributed by atoms with Gasteiger partial charge in [-0.15, -0.1) is 23.7 Å². The van der Waals surface area contributed by atoms with Crippen LogP contribution in [0.3, 0.4) is 0 Å². The second kappa shape index (κ2) is 9.23. The van der Waals surface area contributed by atoms with Crippen LogP contribution in [0.5, 0.6) is 5.75 Å². The number of thiophene rings is 1. The number of anilines is 1. The summed E-state index contributed by atoms with van der Waals surface area (Å²) in [6.45, 7) is 1.72. The SMILES string of the molecule is Cl.O=C(Nc1sccc1C(=O)NC1CCCNC1)c1ccc(Cl)cc1O. The Kier molecular flexibility index (Phi) is 7.28. The number of piperidine rings is 1. The lowest BCUT2D eigenvalue weighted by atomic mass is 10.1. The zero-order valence-corrected chi connectivity index (χ0v) is 16.1. The van der Waals surface area contributed by atoms with Gasteiger partial charge in [0.2, 0.25) is 0 Å². The van der Waals surface area contributed by atoms with Crippen molar-refractivity contribution in [3.63, 3.8) is 0 Å². The summed E-state index contributed by atoms with van der Waals surface area (Å²) in [4.78, 5) is 24.8. The number of amides is 2. The van der Waals surface area contributed by atoms with Crippen LogP contribution in [0.4, 0.5) is 5.00 Å². The second-order valence-electron chi connectivity index (χ2n) is 5.80. The molecule has 6 nitrogen and oxygen atoms in total. The molecule has 1 aliphatic rings. The number of phenolic OH excluding ortho intramolecular Hbond substituents is 1. The molecule has 0 spiro atoms. The van der Waals surface area contributed by atoms with Crippen molar-refractivity contribution in [2.75, 3.05) is 18.4 Å². The highest BCUT2D eigenvalue weighted by atomic mass is 35.5. The van der Waals surface area contributed by atoms with Crippen LogP contribution in [0.1, 0.15) is 33.6 Å². The number of hydrogen-bond donors (Lipinski definition) is 4. The fourth-order valence-corrected chi connectivity index (χ4v) is 3.64. The van der Waals surface area contributed by atoms with Gasteiger partial charge in [0.05, 0.1) is 11.1 Å². The van der Waals surface area contributed by atoms with Gasteiger partial charge < -0.3 is 21.1 Å². The molecule has 0 radical (unpaired) electrons. The van der Waals surface area contributed by atoms with Crippen molar-refractivity contribution in [3.8, 4) is 5.75 Å². The summed E-state index contributed by atoms with van der Waals surface area (Å²) in [6, 6.07) is 6.02. The number of phenols is 1. The molecule has 2 amide bonds. The average Bonchev–Trinajstić information content (AvgIpc) is 3.03. The summed E-state index contributed by atoms with van der Waals surface area (Å²) < 4.78 is 0. The smallest absolute Gasteiger partial charge is 0.260 e. The quantitative estimate of drug-likeness (QED) is 0.616. The Balaban J connectivity index is 0.00000243. The standard InChI is InChI=1S/C17H18ClN3O3S.ClH/c18-10-3-4-12(14(22)8-10)15(23)21-17-13(5-7-25-17)16(24)20-11-2-1-6-19-9-11;/h3-5,7-8,11,19,22H,1-2,6,9H2,(H,20,24)(H,21,23);1H. The first-order chi connectivity index (χ1) is 12.0. The van der Waals surface area contributed by atoms with E-state index in [1.807, 2.05) is 0 Å². The van der Waals surface area contributed by atoms with Gasteiger partial charge in [-0.3, -0.25) is 9.59 Å². The Morgan fingerprint density at radius 1 is 1.23 bits per heavy atom. The molecule has 1 atom stereocenters. The Labute approximate surface area is 166 Å². The molecule has 1 aromatic carbocycles. The number of nitrogens with one attached hydrogen (secondary N) is 3. The van der Waals surface area contributed by atoms with Gasteiger partial charge in [0.25, 0.3) is 11.8 Å². The molecule has 9 heteroatoms. The molecule has 4 N–H and O–H groups in total. The van der Waals surface area contributed by atoms with E-state index in [0.29, 0.717) is 15.6 Å². The van der Waals surface area contributed by atoms with Gasteiger partial charge in [-0.05, 0) is 49.0 Å². The van der Waals surface area contributed by atoms with E-state index < -0.39 is 5.91 Å². The van der Waals surface area contributed by atoms with E-state index in [9.17, 15) is 14.7 Å². The Hall–Kier alpha value is -1.80. The molecule has 26 heavy (non-hydrogen) atoms. The van der Waals surface area contributed by atoms with Gasteiger partial charge >= 0.3 is 0 Å². The van der Waals surface area contributed by atoms with Crippen molar-refractivity contribution in [1.82, 2.24) is 10.6 Å². The molecule has 140 valence electrons. The molecule has 1 saturated heterocycles. The van der Waals surface area contributed by atoms with Crippen LogP contribution < -0.4 is 16.0 Å². The van der Waals surface area contributed by atoms with Crippen molar-refractivity contribution in [2.45, 2.75) is 18.9 Å². The number of rotatable bonds is 4. The van der Waals surface area contributed by atoms with Crippen molar-refractivity contribution in [2.24, 2.45) is 0 Å². The predicted octanol–water partition coefficient (Wildman–Crippen LogP) is 3.26. The summed E-state index contributed by atoms with van der Waals surface area (Å²) in [7, 11) is 0. The molecule has 1 aliphatic heterocycles. The van der Waals surface area contributed by atoms with Crippen LogP contribution in [0.25, 0.3) is 0 Å². The highest BCUT2D eigenvalue weighted by molar-refractivity contribution is 7.14. The van der Waals surface area contributed by atoms with Crippen molar-refractivity contribution in [3.05, 3.63) is 45.8 Å². The van der Waals surface area contributed by atoms with Gasteiger partial charge in [-0.1, -0.05) is 11.6 Å². The van der Waals surface area contributed by atoms with Crippen LogP contribution in [0.2, 0.25) is 5.02 Å². The van der Waals surface area contributed by atoms with Gasteiger partial charge in [-0.2, -0.15) is 0 Å². The van der Waals surface area contributed by atoms with E-state index in [1.165, 1.54) is 29.5 Å². The lowest BCUT2D eigenvalue weighted by molar-refractivity contribution is 0.0932. The summed E-state index contributed by atoms with van der Waals surface area (Å²) in [5.41, 5.74) is 0.512. The fraction of sp³-hybridized carbons (Fsp3) is 0.294. The molecular weight excluding hydrogens is 397 g/mol. The Bertz CT molecular complexity index is 791. The first kappa shape index (κ1) is 20.5. The predicted molar refractivity (Wildman–Crippen MR) is 106 cm³/mol. The lowest BCUT2D eigenvalue weighted by Crippen LogP contribution is -2.45. The summed E-state index contributed by atoms with van der Waals surface area (Å²) in [6.07, 6.45) is 1.96. The van der Waals surface area contributed by atoms with Gasteiger partial charge in [-0.25, -0.2) is 0 Å². The van der Waals surface area contributed by atoms with E-state index in [0.717, 1.165) is 25.9 Å². The number of carbonyl (C=O) groups excluding carboxylic acids is 2. The number of benzene rings is 1. The summed E-state index contributed by atoms with van der Waals surface area (Å²) in [5, 5.41) is 21.3. The molecule has 1 fully saturated rings. The topological polar surface area (TPSA) is 90.5 Å². The van der Waals surface area contributed by atoms with E-state index in [1.54, 1.807) is 11.4 Å². The Morgan fingerprint density at radius 2 is 2.04 bits per heavy atom. The molecule has 2 heterocycles. The normalized spacial score (nSPS) is 16.4. The third-order valence-electron chi connectivity index (χ3n) is 3.97. The minimum absolute atomic E-state index is 0. The number of carbonyl (C=O) groups is 2. The van der Waals surface area contributed by atoms with Gasteiger partial charge in [0, 0.05) is 17.6 Å². The van der Waals surface area contributed by atoms with Crippen LogP contribution in [0.15, 0.2) is 29.6 Å². The fourth-order valence-electron chi connectivity index (χ4n) is 2.69. The minimum atomic E-state index is -0.495. The zero-order valence-electron chi connectivity index (χ0n) is 13.8. The number of halogens is 2. The molecular formula is C17H19Cl2N3O3S. The monoisotopic (exact) mass is 415 g/mol.